The number of rotatable bonds is 4. The van der Waals surface area contributed by atoms with Gasteiger partial charge in [0.15, 0.2) is 0 Å². The van der Waals surface area contributed by atoms with Crippen LogP contribution in [-0.4, -0.2) is 41.9 Å². The molecule has 1 saturated heterocycles. The summed E-state index contributed by atoms with van der Waals surface area (Å²) in [5, 5.41) is 0. The Bertz CT molecular complexity index is 791. The maximum Gasteiger partial charge on any atom is 0.230 e. The average Bonchev–Trinajstić information content (AvgIpc) is 3.53. The SMILES string of the molecule is CCOc1ccc2c(c1)C(C)CC(C)(C)N2C(=O)C1CCN(C(=O)C2CC2)CC1. The van der Waals surface area contributed by atoms with Crippen molar-refractivity contribution in [1.82, 2.24) is 4.90 Å². The molecule has 0 radical (unpaired) electrons. The first kappa shape index (κ1) is 20.2. The Morgan fingerprint density at radius 3 is 2.34 bits per heavy atom. The van der Waals surface area contributed by atoms with Crippen LogP contribution in [0.25, 0.3) is 0 Å². The third kappa shape index (κ3) is 3.88. The van der Waals surface area contributed by atoms with E-state index in [1.54, 1.807) is 0 Å². The lowest BCUT2D eigenvalue weighted by atomic mass is 9.78. The Balaban J connectivity index is 1.54. The van der Waals surface area contributed by atoms with E-state index in [1.165, 1.54) is 5.56 Å². The zero-order valence-electron chi connectivity index (χ0n) is 18.2. The lowest BCUT2D eigenvalue weighted by molar-refractivity contribution is -0.136. The molecule has 29 heavy (non-hydrogen) atoms. The molecule has 4 rings (SSSR count). The molecule has 0 N–H and O–H groups in total. The monoisotopic (exact) mass is 398 g/mol. The van der Waals surface area contributed by atoms with Crippen LogP contribution in [0.15, 0.2) is 18.2 Å². The van der Waals surface area contributed by atoms with Gasteiger partial charge in [0.2, 0.25) is 11.8 Å². The minimum atomic E-state index is -0.225. The van der Waals surface area contributed by atoms with Crippen molar-refractivity contribution in [3.63, 3.8) is 0 Å². The van der Waals surface area contributed by atoms with Gasteiger partial charge in [-0.3, -0.25) is 9.59 Å². The molecular formula is C24H34N2O3. The van der Waals surface area contributed by atoms with E-state index < -0.39 is 0 Å². The lowest BCUT2D eigenvalue weighted by Gasteiger charge is -2.48. The predicted octanol–water partition coefficient (Wildman–Crippen LogP) is 4.35. The molecule has 2 amide bonds. The standard InChI is InChI=1S/C24H34N2O3/c1-5-29-19-8-9-21-20(14-19)16(2)15-24(3,4)26(21)23(28)18-10-12-25(13-11-18)22(27)17-6-7-17/h8-9,14,16-18H,5-7,10-13,15H2,1-4H3. The molecule has 1 saturated carbocycles. The maximum atomic E-state index is 13.7. The van der Waals surface area contributed by atoms with Crippen LogP contribution in [0.2, 0.25) is 0 Å². The first-order valence-corrected chi connectivity index (χ1v) is 11.2. The summed E-state index contributed by atoms with van der Waals surface area (Å²) in [6, 6.07) is 6.14. The highest BCUT2D eigenvalue weighted by atomic mass is 16.5. The van der Waals surface area contributed by atoms with Gasteiger partial charge < -0.3 is 14.5 Å². The van der Waals surface area contributed by atoms with Gasteiger partial charge in [0.25, 0.3) is 0 Å². The van der Waals surface area contributed by atoms with E-state index >= 15 is 0 Å². The van der Waals surface area contributed by atoms with Crippen LogP contribution >= 0.6 is 0 Å². The molecule has 1 unspecified atom stereocenters. The summed E-state index contributed by atoms with van der Waals surface area (Å²) in [4.78, 5) is 30.0. The second-order valence-electron chi connectivity index (χ2n) is 9.62. The Morgan fingerprint density at radius 2 is 1.72 bits per heavy atom. The number of anilines is 1. The second kappa shape index (κ2) is 7.66. The van der Waals surface area contributed by atoms with E-state index in [0.717, 1.165) is 43.5 Å². The summed E-state index contributed by atoms with van der Waals surface area (Å²) in [7, 11) is 0. The number of amides is 2. The third-order valence-electron chi connectivity index (χ3n) is 6.80. The van der Waals surface area contributed by atoms with Gasteiger partial charge in [-0.15, -0.1) is 0 Å². The molecule has 0 bridgehead atoms. The van der Waals surface area contributed by atoms with Crippen molar-refractivity contribution in [2.24, 2.45) is 11.8 Å². The van der Waals surface area contributed by atoms with Gasteiger partial charge in [0.05, 0.1) is 6.61 Å². The van der Waals surface area contributed by atoms with Crippen LogP contribution in [0.5, 0.6) is 5.75 Å². The van der Waals surface area contributed by atoms with Crippen LogP contribution in [0.3, 0.4) is 0 Å². The van der Waals surface area contributed by atoms with Gasteiger partial charge in [0.1, 0.15) is 5.75 Å². The highest BCUT2D eigenvalue weighted by Crippen LogP contribution is 2.45. The van der Waals surface area contributed by atoms with Gasteiger partial charge in [-0.05, 0) is 82.6 Å². The Hall–Kier alpha value is -2.04. The van der Waals surface area contributed by atoms with Crippen molar-refractivity contribution in [3.05, 3.63) is 23.8 Å². The zero-order chi connectivity index (χ0) is 20.8. The van der Waals surface area contributed by atoms with Crippen molar-refractivity contribution in [2.75, 3.05) is 24.6 Å². The normalized spacial score (nSPS) is 24.2. The van der Waals surface area contributed by atoms with Gasteiger partial charge >= 0.3 is 0 Å². The number of likely N-dealkylation sites (tertiary alicyclic amines) is 1. The lowest BCUT2D eigenvalue weighted by Crippen LogP contribution is -2.55. The summed E-state index contributed by atoms with van der Waals surface area (Å²) >= 11 is 0. The molecule has 2 heterocycles. The van der Waals surface area contributed by atoms with Crippen LogP contribution in [0, 0.1) is 11.8 Å². The summed E-state index contributed by atoms with van der Waals surface area (Å²) in [5.41, 5.74) is 2.00. The molecule has 5 nitrogen and oxygen atoms in total. The number of ether oxygens (including phenoxy) is 1. The smallest absolute Gasteiger partial charge is 0.230 e. The van der Waals surface area contributed by atoms with E-state index in [1.807, 2.05) is 22.8 Å². The molecule has 1 atom stereocenters. The number of benzene rings is 1. The van der Waals surface area contributed by atoms with Gasteiger partial charge in [0, 0.05) is 36.2 Å². The summed E-state index contributed by atoms with van der Waals surface area (Å²) in [6.07, 6.45) is 4.55. The van der Waals surface area contributed by atoms with Crippen LogP contribution in [0.1, 0.15) is 71.3 Å². The van der Waals surface area contributed by atoms with Crippen LogP contribution in [-0.2, 0) is 9.59 Å². The van der Waals surface area contributed by atoms with Gasteiger partial charge in [-0.25, -0.2) is 0 Å². The first-order chi connectivity index (χ1) is 13.8. The molecule has 158 valence electrons. The molecule has 5 heteroatoms. The zero-order valence-corrected chi connectivity index (χ0v) is 18.2. The number of carbonyl (C=O) groups is 2. The molecule has 1 aromatic rings. The van der Waals surface area contributed by atoms with Gasteiger partial charge in [-0.2, -0.15) is 0 Å². The molecule has 1 aromatic carbocycles. The quantitative estimate of drug-likeness (QED) is 0.757. The molecule has 1 aliphatic carbocycles. The Morgan fingerprint density at radius 1 is 1.07 bits per heavy atom. The molecule has 0 spiro atoms. The molecule has 3 aliphatic rings. The average molecular weight is 399 g/mol. The van der Waals surface area contributed by atoms with Crippen molar-refractivity contribution < 1.29 is 14.3 Å². The number of fused-ring (bicyclic) bond motifs is 1. The summed E-state index contributed by atoms with van der Waals surface area (Å²) in [6.45, 7) is 10.6. The number of hydrogen-bond acceptors (Lipinski definition) is 3. The summed E-state index contributed by atoms with van der Waals surface area (Å²) < 4.78 is 5.70. The highest BCUT2D eigenvalue weighted by Gasteiger charge is 2.43. The largest absolute Gasteiger partial charge is 0.494 e. The number of hydrogen-bond donors (Lipinski definition) is 0. The predicted molar refractivity (Wildman–Crippen MR) is 114 cm³/mol. The summed E-state index contributed by atoms with van der Waals surface area (Å²) in [5.74, 6) is 2.02. The van der Waals surface area contributed by atoms with Crippen molar-refractivity contribution >= 4 is 17.5 Å². The van der Waals surface area contributed by atoms with E-state index in [4.69, 9.17) is 4.74 Å². The van der Waals surface area contributed by atoms with Crippen molar-refractivity contribution in [1.29, 1.82) is 0 Å². The fourth-order valence-corrected chi connectivity index (χ4v) is 5.20. The molecule has 2 aliphatic heterocycles. The molecule has 0 aromatic heterocycles. The minimum Gasteiger partial charge on any atom is -0.494 e. The Kier molecular flexibility index (Phi) is 5.34. The molecule has 2 fully saturated rings. The van der Waals surface area contributed by atoms with E-state index in [2.05, 4.69) is 32.9 Å². The van der Waals surface area contributed by atoms with E-state index in [0.29, 0.717) is 31.5 Å². The fourth-order valence-electron chi connectivity index (χ4n) is 5.20. The van der Waals surface area contributed by atoms with E-state index in [-0.39, 0.29) is 23.3 Å². The van der Waals surface area contributed by atoms with Crippen LogP contribution < -0.4 is 9.64 Å². The second-order valence-corrected chi connectivity index (χ2v) is 9.62. The number of carbonyl (C=O) groups excluding carboxylic acids is 2. The van der Waals surface area contributed by atoms with Crippen molar-refractivity contribution in [3.8, 4) is 5.75 Å². The number of nitrogens with zero attached hydrogens (tertiary/aromatic N) is 2. The first-order valence-electron chi connectivity index (χ1n) is 11.2. The van der Waals surface area contributed by atoms with Crippen molar-refractivity contribution in [2.45, 2.75) is 71.3 Å². The fraction of sp³-hybridized carbons (Fsp3) is 0.667. The van der Waals surface area contributed by atoms with Gasteiger partial charge in [-0.1, -0.05) is 6.92 Å². The Labute approximate surface area is 174 Å². The maximum absolute atomic E-state index is 13.7. The van der Waals surface area contributed by atoms with E-state index in [9.17, 15) is 9.59 Å². The van der Waals surface area contributed by atoms with Crippen LogP contribution in [0.4, 0.5) is 5.69 Å². The third-order valence-corrected chi connectivity index (χ3v) is 6.80. The topological polar surface area (TPSA) is 49.9 Å². The number of piperidine rings is 1. The highest BCUT2D eigenvalue weighted by molar-refractivity contribution is 5.98. The minimum absolute atomic E-state index is 0.00893. The molecular weight excluding hydrogens is 364 g/mol.